The predicted molar refractivity (Wildman–Crippen MR) is 57.4 cm³/mol. The highest BCUT2D eigenvalue weighted by molar-refractivity contribution is 9.09. The van der Waals surface area contributed by atoms with E-state index in [1.54, 1.807) is 0 Å². The lowest BCUT2D eigenvalue weighted by Gasteiger charge is -2.13. The molecule has 0 spiro atoms. The Morgan fingerprint density at radius 3 is 2.80 bits per heavy atom. The van der Waals surface area contributed by atoms with Gasteiger partial charge in [-0.3, -0.25) is 4.79 Å². The molecule has 0 bridgehead atoms. The first kappa shape index (κ1) is 10.5. The Labute approximate surface area is 95.2 Å². The number of aromatic nitrogens is 1. The van der Waals surface area contributed by atoms with Gasteiger partial charge < -0.3 is 5.32 Å². The molecule has 0 unspecified atom stereocenters. The second-order valence-electron chi connectivity index (χ2n) is 3.73. The fraction of sp³-hybridized carbons (Fsp3) is 0.400. The molecule has 1 aliphatic carbocycles. The zero-order valence-corrected chi connectivity index (χ0v) is 9.55. The Kier molecular flexibility index (Phi) is 2.73. The molecule has 15 heavy (non-hydrogen) atoms. The zero-order valence-electron chi connectivity index (χ0n) is 7.96. The second kappa shape index (κ2) is 3.89. The summed E-state index contributed by atoms with van der Waals surface area (Å²) >= 11 is 3.35. The molecule has 1 amide bonds. The molecule has 0 radical (unpaired) electrons. The van der Waals surface area contributed by atoms with Crippen LogP contribution in [0.1, 0.15) is 23.3 Å². The minimum atomic E-state index is -0.437. The van der Waals surface area contributed by atoms with Gasteiger partial charge in [0.1, 0.15) is 11.5 Å². The number of carbonyl (C=O) groups excluding carboxylic acids is 1. The zero-order chi connectivity index (χ0) is 10.9. The van der Waals surface area contributed by atoms with Gasteiger partial charge in [-0.05, 0) is 25.0 Å². The quantitative estimate of drug-likeness (QED) is 0.854. The van der Waals surface area contributed by atoms with Crippen LogP contribution >= 0.6 is 15.9 Å². The highest BCUT2D eigenvalue weighted by atomic mass is 79.9. The van der Waals surface area contributed by atoms with Crippen molar-refractivity contribution in [3.05, 3.63) is 29.8 Å². The molecular weight excluding hydrogens is 263 g/mol. The minimum absolute atomic E-state index is 0.104. The van der Waals surface area contributed by atoms with Crippen molar-refractivity contribution in [3.8, 4) is 0 Å². The third-order valence-electron chi connectivity index (χ3n) is 2.45. The van der Waals surface area contributed by atoms with E-state index in [0.717, 1.165) is 24.4 Å². The van der Waals surface area contributed by atoms with E-state index >= 15 is 0 Å². The summed E-state index contributed by atoms with van der Waals surface area (Å²) in [5.74, 6) is -0.680. The predicted octanol–water partition coefficient (Wildman–Crippen LogP) is 1.88. The number of hydrogen-bond donors (Lipinski definition) is 1. The van der Waals surface area contributed by atoms with Gasteiger partial charge in [-0.15, -0.1) is 0 Å². The van der Waals surface area contributed by atoms with Crippen LogP contribution in [0.25, 0.3) is 0 Å². The average Bonchev–Trinajstić information content (AvgIpc) is 2.99. The summed E-state index contributed by atoms with van der Waals surface area (Å²) in [5.41, 5.74) is 0.149. The second-order valence-corrected chi connectivity index (χ2v) is 4.29. The van der Waals surface area contributed by atoms with Crippen LogP contribution in [0.15, 0.2) is 18.3 Å². The molecule has 2 rings (SSSR count). The van der Waals surface area contributed by atoms with Crippen molar-refractivity contribution in [2.24, 2.45) is 0 Å². The lowest BCUT2D eigenvalue weighted by Crippen LogP contribution is -2.38. The number of hydrogen-bond acceptors (Lipinski definition) is 2. The van der Waals surface area contributed by atoms with Crippen molar-refractivity contribution in [1.82, 2.24) is 10.3 Å². The highest BCUT2D eigenvalue weighted by Gasteiger charge is 2.43. The molecule has 1 N–H and O–H groups in total. The summed E-state index contributed by atoms with van der Waals surface area (Å²) in [6, 6.07) is 2.62. The van der Waals surface area contributed by atoms with Gasteiger partial charge in [0.25, 0.3) is 5.91 Å². The van der Waals surface area contributed by atoms with Crippen LogP contribution in [-0.2, 0) is 0 Å². The van der Waals surface area contributed by atoms with E-state index in [4.69, 9.17) is 0 Å². The van der Waals surface area contributed by atoms with Crippen LogP contribution in [0.5, 0.6) is 0 Å². The summed E-state index contributed by atoms with van der Waals surface area (Å²) in [7, 11) is 0. The van der Waals surface area contributed by atoms with Crippen molar-refractivity contribution >= 4 is 21.8 Å². The third-order valence-corrected chi connectivity index (χ3v) is 3.52. The molecule has 3 nitrogen and oxygen atoms in total. The van der Waals surface area contributed by atoms with Crippen molar-refractivity contribution < 1.29 is 9.18 Å². The van der Waals surface area contributed by atoms with E-state index in [0.29, 0.717) is 0 Å². The van der Waals surface area contributed by atoms with E-state index in [2.05, 4.69) is 26.2 Å². The molecule has 1 aromatic rings. The van der Waals surface area contributed by atoms with Crippen LogP contribution in [0.4, 0.5) is 4.39 Å². The van der Waals surface area contributed by atoms with Gasteiger partial charge in [-0.1, -0.05) is 15.9 Å². The Balaban J connectivity index is 2.05. The molecule has 80 valence electrons. The lowest BCUT2D eigenvalue weighted by atomic mass is 10.3. The summed E-state index contributed by atoms with van der Waals surface area (Å²) < 4.78 is 12.6. The molecular formula is C10H10BrFN2O. The Morgan fingerprint density at radius 1 is 1.60 bits per heavy atom. The molecule has 0 aliphatic heterocycles. The largest absolute Gasteiger partial charge is 0.344 e. The number of carbonyl (C=O) groups is 1. The molecule has 1 aliphatic rings. The van der Waals surface area contributed by atoms with Crippen LogP contribution in [0, 0.1) is 5.82 Å². The van der Waals surface area contributed by atoms with Gasteiger partial charge >= 0.3 is 0 Å². The van der Waals surface area contributed by atoms with E-state index < -0.39 is 5.82 Å². The van der Waals surface area contributed by atoms with Gasteiger partial charge in [0.2, 0.25) is 0 Å². The van der Waals surface area contributed by atoms with Crippen molar-refractivity contribution in [1.29, 1.82) is 0 Å². The fourth-order valence-electron chi connectivity index (χ4n) is 1.26. The van der Waals surface area contributed by atoms with Crippen LogP contribution in [0.3, 0.4) is 0 Å². The fourth-order valence-corrected chi connectivity index (χ4v) is 1.96. The molecule has 1 saturated carbocycles. The van der Waals surface area contributed by atoms with E-state index in [1.807, 2.05) is 0 Å². The lowest BCUT2D eigenvalue weighted by molar-refractivity contribution is 0.0931. The Morgan fingerprint density at radius 2 is 2.33 bits per heavy atom. The standard InChI is InChI=1S/C10H10BrFN2O/c11-6-10(3-4-10)14-9(15)8-2-1-7(12)5-13-8/h1-2,5H,3-4,6H2,(H,14,15). The monoisotopic (exact) mass is 272 g/mol. The summed E-state index contributed by atoms with van der Waals surface area (Å²) in [6.45, 7) is 0. The van der Waals surface area contributed by atoms with Gasteiger partial charge in [-0.2, -0.15) is 0 Å². The number of rotatable bonds is 3. The summed E-state index contributed by atoms with van der Waals surface area (Å²) in [5, 5.41) is 3.63. The van der Waals surface area contributed by atoms with Gasteiger partial charge in [0.15, 0.2) is 0 Å². The molecule has 0 aromatic carbocycles. The maximum absolute atomic E-state index is 12.6. The van der Waals surface area contributed by atoms with Crippen LogP contribution in [-0.4, -0.2) is 21.8 Å². The number of nitrogens with zero attached hydrogens (tertiary/aromatic N) is 1. The number of nitrogens with one attached hydrogen (secondary N) is 1. The third kappa shape index (κ3) is 2.34. The van der Waals surface area contributed by atoms with Crippen LogP contribution < -0.4 is 5.32 Å². The molecule has 5 heteroatoms. The maximum Gasteiger partial charge on any atom is 0.270 e. The smallest absolute Gasteiger partial charge is 0.270 e. The maximum atomic E-state index is 12.6. The SMILES string of the molecule is O=C(NC1(CBr)CC1)c1ccc(F)cn1. The number of alkyl halides is 1. The number of pyridine rings is 1. The topological polar surface area (TPSA) is 42.0 Å². The average molecular weight is 273 g/mol. The van der Waals surface area contributed by atoms with Crippen molar-refractivity contribution in [2.45, 2.75) is 18.4 Å². The normalized spacial score (nSPS) is 17.2. The molecule has 1 aromatic heterocycles. The van der Waals surface area contributed by atoms with E-state index in [-0.39, 0.29) is 17.1 Å². The molecule has 1 fully saturated rings. The molecule has 0 atom stereocenters. The van der Waals surface area contributed by atoms with Gasteiger partial charge in [0, 0.05) is 5.33 Å². The minimum Gasteiger partial charge on any atom is -0.344 e. The first-order chi connectivity index (χ1) is 7.15. The number of amides is 1. The number of halogens is 2. The Bertz CT molecular complexity index is 376. The first-order valence-electron chi connectivity index (χ1n) is 4.65. The van der Waals surface area contributed by atoms with E-state index in [1.165, 1.54) is 12.1 Å². The summed E-state index contributed by atoms with van der Waals surface area (Å²) in [4.78, 5) is 15.4. The summed E-state index contributed by atoms with van der Waals surface area (Å²) in [6.07, 6.45) is 3.00. The Hall–Kier alpha value is -0.970. The van der Waals surface area contributed by atoms with Gasteiger partial charge in [0.05, 0.1) is 11.7 Å². The van der Waals surface area contributed by atoms with Crippen LogP contribution in [0.2, 0.25) is 0 Å². The highest BCUT2D eigenvalue weighted by Crippen LogP contribution is 2.37. The van der Waals surface area contributed by atoms with Crippen molar-refractivity contribution in [2.75, 3.05) is 5.33 Å². The van der Waals surface area contributed by atoms with Gasteiger partial charge in [-0.25, -0.2) is 9.37 Å². The molecule has 1 heterocycles. The first-order valence-corrected chi connectivity index (χ1v) is 5.77. The van der Waals surface area contributed by atoms with Crippen molar-refractivity contribution in [3.63, 3.8) is 0 Å². The molecule has 0 saturated heterocycles. The van der Waals surface area contributed by atoms with E-state index in [9.17, 15) is 9.18 Å².